The first-order valence-electron chi connectivity index (χ1n) is 8.77. The molecule has 1 saturated heterocycles. The zero-order chi connectivity index (χ0) is 21.5. The van der Waals surface area contributed by atoms with Crippen molar-refractivity contribution in [2.45, 2.75) is 51.9 Å². The van der Waals surface area contributed by atoms with Crippen molar-refractivity contribution in [2.75, 3.05) is 13.1 Å². The van der Waals surface area contributed by atoms with Gasteiger partial charge in [0, 0.05) is 5.92 Å². The van der Waals surface area contributed by atoms with Crippen LogP contribution in [0.15, 0.2) is 24.3 Å². The number of ether oxygens (including phenoxy) is 1. The zero-order valence-corrected chi connectivity index (χ0v) is 16.2. The molecule has 3 unspecified atom stereocenters. The Balaban J connectivity index is 2.46. The Bertz CT molecular complexity index is 756. The molecule has 6 nitrogen and oxygen atoms in total. The molecule has 2 rings (SSSR count). The Labute approximate surface area is 161 Å². The summed E-state index contributed by atoms with van der Waals surface area (Å²) in [5, 5.41) is 21.9. The minimum absolute atomic E-state index is 0.0776. The molecule has 0 saturated carbocycles. The third-order valence-corrected chi connectivity index (χ3v) is 5.58. The predicted octanol–water partition coefficient (Wildman–Crippen LogP) is 3.12. The number of carbonyl (C=O) groups is 2. The number of hydrogen-bond acceptors (Lipinski definition) is 4. The van der Waals surface area contributed by atoms with E-state index in [1.165, 1.54) is 19.1 Å². The van der Waals surface area contributed by atoms with Crippen LogP contribution < -0.4 is 9.84 Å². The molecule has 1 N–H and O–H groups in total. The Morgan fingerprint density at radius 2 is 1.75 bits per heavy atom. The number of carboxylic acid groups (broad SMARTS) is 2. The van der Waals surface area contributed by atoms with Crippen LogP contribution >= 0.6 is 0 Å². The van der Waals surface area contributed by atoms with Crippen LogP contribution in [0, 0.1) is 5.41 Å². The number of piperidine rings is 1. The van der Waals surface area contributed by atoms with Crippen LogP contribution in [-0.4, -0.2) is 46.6 Å². The summed E-state index contributed by atoms with van der Waals surface area (Å²) < 4.78 is 40.3. The SMILES string of the molecule is CC1(C(=O)O)CC(c2ccc(OC(F)(F)F)cc2)C[N+](C(=O)[O-])(C(C)(C)C)C1. The van der Waals surface area contributed by atoms with Gasteiger partial charge in [0.25, 0.3) is 6.09 Å². The summed E-state index contributed by atoms with van der Waals surface area (Å²) in [7, 11) is 0. The summed E-state index contributed by atoms with van der Waals surface area (Å²) in [5.41, 5.74) is -1.62. The molecular weight excluding hydrogens is 379 g/mol. The molecule has 1 aromatic carbocycles. The number of benzene rings is 1. The lowest BCUT2D eigenvalue weighted by Crippen LogP contribution is -2.74. The molecule has 0 aliphatic carbocycles. The number of likely N-dealkylation sites (tertiary alicyclic amines) is 1. The highest BCUT2D eigenvalue weighted by atomic mass is 19.4. The van der Waals surface area contributed by atoms with Crippen LogP contribution in [-0.2, 0) is 4.79 Å². The highest BCUT2D eigenvalue weighted by Crippen LogP contribution is 2.45. The van der Waals surface area contributed by atoms with Gasteiger partial charge in [-0.05, 0) is 51.8 Å². The summed E-state index contributed by atoms with van der Waals surface area (Å²) >= 11 is 0. The van der Waals surface area contributed by atoms with E-state index in [-0.39, 0.29) is 19.5 Å². The molecule has 0 radical (unpaired) electrons. The molecule has 0 bridgehead atoms. The first-order chi connectivity index (χ1) is 12.6. The van der Waals surface area contributed by atoms with Crippen molar-refractivity contribution in [1.82, 2.24) is 0 Å². The number of nitrogens with zero attached hydrogens (tertiary/aromatic N) is 1. The van der Waals surface area contributed by atoms with Gasteiger partial charge in [-0.2, -0.15) is 0 Å². The maximum Gasteiger partial charge on any atom is 0.573 e. The van der Waals surface area contributed by atoms with Gasteiger partial charge >= 0.3 is 12.3 Å². The molecule has 0 aromatic heterocycles. The average molecular weight is 403 g/mol. The van der Waals surface area contributed by atoms with Crippen molar-refractivity contribution < 1.29 is 42.2 Å². The largest absolute Gasteiger partial charge is 0.573 e. The normalized spacial score (nSPS) is 28.6. The number of carboxylic acids is 1. The molecule has 1 aliphatic heterocycles. The van der Waals surface area contributed by atoms with Crippen molar-refractivity contribution >= 4 is 12.1 Å². The zero-order valence-electron chi connectivity index (χ0n) is 16.2. The van der Waals surface area contributed by atoms with Gasteiger partial charge < -0.3 is 19.7 Å². The smallest absolute Gasteiger partial charge is 0.498 e. The van der Waals surface area contributed by atoms with Crippen LogP contribution in [0.2, 0.25) is 0 Å². The molecule has 1 aromatic rings. The third kappa shape index (κ3) is 4.24. The molecule has 0 spiro atoms. The monoisotopic (exact) mass is 403 g/mol. The van der Waals surface area contributed by atoms with Gasteiger partial charge in [-0.25, -0.2) is 0 Å². The Morgan fingerprint density at radius 1 is 1.21 bits per heavy atom. The van der Waals surface area contributed by atoms with Gasteiger partial charge in [0.1, 0.15) is 17.7 Å². The van der Waals surface area contributed by atoms with Crippen molar-refractivity contribution in [3.8, 4) is 5.75 Å². The van der Waals surface area contributed by atoms with E-state index in [4.69, 9.17) is 0 Å². The van der Waals surface area contributed by atoms with E-state index in [9.17, 15) is 33.0 Å². The summed E-state index contributed by atoms with van der Waals surface area (Å²) in [6.45, 7) is 6.54. The molecule has 1 amide bonds. The fraction of sp³-hybridized carbons (Fsp3) is 0.579. The predicted molar refractivity (Wildman–Crippen MR) is 91.4 cm³/mol. The average Bonchev–Trinajstić information content (AvgIpc) is 2.52. The first-order valence-corrected chi connectivity index (χ1v) is 8.77. The summed E-state index contributed by atoms with van der Waals surface area (Å²) in [6, 6.07) is 5.10. The quantitative estimate of drug-likeness (QED) is 0.784. The lowest BCUT2D eigenvalue weighted by atomic mass is 9.72. The Kier molecular flexibility index (Phi) is 5.46. The van der Waals surface area contributed by atoms with E-state index in [1.54, 1.807) is 20.8 Å². The summed E-state index contributed by atoms with van der Waals surface area (Å²) in [6.07, 6.45) is -6.03. The van der Waals surface area contributed by atoms with Gasteiger partial charge in [-0.3, -0.25) is 9.28 Å². The second-order valence-electron chi connectivity index (χ2n) is 8.63. The van der Waals surface area contributed by atoms with E-state index < -0.39 is 45.5 Å². The number of rotatable bonds is 3. The fourth-order valence-corrected chi connectivity index (χ4v) is 3.95. The molecule has 28 heavy (non-hydrogen) atoms. The third-order valence-electron chi connectivity index (χ3n) is 5.58. The number of alkyl halides is 3. The van der Waals surface area contributed by atoms with Gasteiger partial charge in [0.2, 0.25) is 0 Å². The molecule has 1 fully saturated rings. The minimum atomic E-state index is -4.82. The maximum atomic E-state index is 12.3. The van der Waals surface area contributed by atoms with Gasteiger partial charge in [0.15, 0.2) is 0 Å². The van der Waals surface area contributed by atoms with Crippen LogP contribution in [0.25, 0.3) is 0 Å². The second-order valence-corrected chi connectivity index (χ2v) is 8.63. The standard InChI is InChI=1S/C19H24F3NO5/c1-17(2,3)23(16(26)27)10-13(9-18(4,11-23)15(24)25)12-5-7-14(8-6-12)28-19(20,21)22/h5-8,13H,9-11H2,1-4H3,(H-,24,25,26,27). The lowest BCUT2D eigenvalue weighted by Gasteiger charge is -2.55. The first kappa shape index (κ1) is 22.0. The second kappa shape index (κ2) is 6.95. The highest BCUT2D eigenvalue weighted by molar-refractivity contribution is 5.75. The van der Waals surface area contributed by atoms with Crippen molar-refractivity contribution in [2.24, 2.45) is 5.41 Å². The van der Waals surface area contributed by atoms with Crippen molar-refractivity contribution in [3.05, 3.63) is 29.8 Å². The van der Waals surface area contributed by atoms with Crippen LogP contribution in [0.1, 0.15) is 45.6 Å². The Morgan fingerprint density at radius 3 is 2.14 bits per heavy atom. The van der Waals surface area contributed by atoms with Gasteiger partial charge in [-0.1, -0.05) is 12.1 Å². The van der Waals surface area contributed by atoms with Crippen LogP contribution in [0.5, 0.6) is 5.75 Å². The highest BCUT2D eigenvalue weighted by Gasteiger charge is 2.56. The minimum Gasteiger partial charge on any atom is -0.498 e. The van der Waals surface area contributed by atoms with Crippen molar-refractivity contribution in [1.29, 1.82) is 0 Å². The molecular formula is C19H24F3NO5. The fourth-order valence-electron chi connectivity index (χ4n) is 3.95. The molecule has 3 atom stereocenters. The van der Waals surface area contributed by atoms with Crippen molar-refractivity contribution in [3.63, 3.8) is 0 Å². The van der Waals surface area contributed by atoms with Gasteiger partial charge in [0.05, 0.1) is 12.1 Å². The maximum absolute atomic E-state index is 12.3. The van der Waals surface area contributed by atoms with E-state index in [1.807, 2.05) is 0 Å². The molecule has 1 heterocycles. The number of carbonyl (C=O) groups excluding carboxylic acids is 1. The van der Waals surface area contributed by atoms with Gasteiger partial charge in [-0.15, -0.1) is 13.2 Å². The topological polar surface area (TPSA) is 86.7 Å². The van der Waals surface area contributed by atoms with E-state index in [2.05, 4.69) is 4.74 Å². The number of halogens is 3. The van der Waals surface area contributed by atoms with E-state index in [0.29, 0.717) is 5.56 Å². The van der Waals surface area contributed by atoms with E-state index in [0.717, 1.165) is 12.1 Å². The van der Waals surface area contributed by atoms with E-state index >= 15 is 0 Å². The number of quaternary nitrogens is 1. The summed E-state index contributed by atoms with van der Waals surface area (Å²) in [4.78, 5) is 24.1. The lowest BCUT2D eigenvalue weighted by molar-refractivity contribution is -0.930. The molecule has 9 heteroatoms. The number of aliphatic carboxylic acids is 1. The molecule has 156 valence electrons. The summed E-state index contributed by atoms with van der Waals surface area (Å²) in [5.74, 6) is -2.02. The Hall–Kier alpha value is -2.29. The van der Waals surface area contributed by atoms with Crippen LogP contribution in [0.3, 0.4) is 0 Å². The number of hydrogen-bond donors (Lipinski definition) is 1. The van der Waals surface area contributed by atoms with Crippen LogP contribution in [0.4, 0.5) is 18.0 Å². The molecule has 1 aliphatic rings. The number of amides is 1.